The van der Waals surface area contributed by atoms with Crippen molar-refractivity contribution >= 4 is 11.3 Å². The molecule has 2 rings (SSSR count). The van der Waals surface area contributed by atoms with Crippen molar-refractivity contribution in [3.63, 3.8) is 0 Å². The minimum Gasteiger partial charge on any atom is -0.486 e. The van der Waals surface area contributed by atoms with Gasteiger partial charge >= 0.3 is 0 Å². The lowest BCUT2D eigenvalue weighted by atomic mass is 10.1. The molecule has 19 heavy (non-hydrogen) atoms. The van der Waals surface area contributed by atoms with Crippen LogP contribution in [0.4, 0.5) is 4.39 Å². The van der Waals surface area contributed by atoms with E-state index in [2.05, 4.69) is 4.98 Å². The van der Waals surface area contributed by atoms with E-state index >= 15 is 0 Å². The lowest BCUT2D eigenvalue weighted by Gasteiger charge is -2.07. The third kappa shape index (κ3) is 3.75. The molecule has 1 heterocycles. The van der Waals surface area contributed by atoms with Gasteiger partial charge in [-0.05, 0) is 44.5 Å². The zero-order chi connectivity index (χ0) is 13.8. The largest absolute Gasteiger partial charge is 0.486 e. The summed E-state index contributed by atoms with van der Waals surface area (Å²) in [5.41, 5.74) is 7.34. The van der Waals surface area contributed by atoms with Gasteiger partial charge in [-0.15, -0.1) is 11.3 Å². The van der Waals surface area contributed by atoms with Crippen LogP contribution < -0.4 is 10.5 Å². The Morgan fingerprint density at radius 3 is 2.74 bits per heavy atom. The number of aryl methyl sites for hydroxylation is 2. The Hall–Kier alpha value is -1.46. The first-order valence-corrected chi connectivity index (χ1v) is 6.95. The maximum absolute atomic E-state index is 13.4. The predicted molar refractivity (Wildman–Crippen MR) is 75.1 cm³/mol. The van der Waals surface area contributed by atoms with Crippen LogP contribution in [-0.4, -0.2) is 11.5 Å². The second kappa shape index (κ2) is 6.12. The number of aromatic nitrogens is 1. The van der Waals surface area contributed by atoms with Crippen LogP contribution in [0.15, 0.2) is 18.2 Å². The molecule has 0 atom stereocenters. The summed E-state index contributed by atoms with van der Waals surface area (Å²) in [7, 11) is 0. The fourth-order valence-electron chi connectivity index (χ4n) is 1.76. The zero-order valence-electron chi connectivity index (χ0n) is 11.1. The van der Waals surface area contributed by atoms with E-state index < -0.39 is 0 Å². The highest BCUT2D eigenvalue weighted by atomic mass is 32.1. The van der Waals surface area contributed by atoms with Crippen molar-refractivity contribution in [3.05, 3.63) is 45.2 Å². The Labute approximate surface area is 116 Å². The molecule has 0 aliphatic carbocycles. The fraction of sp³-hybridized carbons (Fsp3) is 0.357. The highest BCUT2D eigenvalue weighted by molar-refractivity contribution is 7.11. The number of nitrogens with two attached hydrogens (primary N) is 1. The lowest BCUT2D eigenvalue weighted by molar-refractivity contribution is 0.303. The molecule has 0 saturated carbocycles. The molecule has 2 aromatic rings. The molecule has 2 N–H and O–H groups in total. The molecule has 1 aromatic heterocycles. The minimum absolute atomic E-state index is 0.299. The van der Waals surface area contributed by atoms with Gasteiger partial charge < -0.3 is 10.5 Å². The molecule has 1 aromatic carbocycles. The maximum atomic E-state index is 13.4. The molecule has 0 amide bonds. The predicted octanol–water partition coefficient (Wildman–Crippen LogP) is 2.98. The second-order valence-electron chi connectivity index (χ2n) is 4.37. The van der Waals surface area contributed by atoms with E-state index in [0.29, 0.717) is 25.3 Å². The van der Waals surface area contributed by atoms with Crippen molar-refractivity contribution < 1.29 is 9.13 Å². The first kappa shape index (κ1) is 14.0. The molecule has 0 fully saturated rings. The third-order valence-electron chi connectivity index (χ3n) is 2.80. The van der Waals surface area contributed by atoms with Crippen LogP contribution in [0.1, 0.15) is 21.1 Å². The van der Waals surface area contributed by atoms with Crippen molar-refractivity contribution in [3.8, 4) is 5.75 Å². The van der Waals surface area contributed by atoms with Crippen LogP contribution in [0.2, 0.25) is 0 Å². The van der Waals surface area contributed by atoms with E-state index in [1.54, 1.807) is 11.3 Å². The van der Waals surface area contributed by atoms with Crippen LogP contribution in [0.3, 0.4) is 0 Å². The molecule has 0 bridgehead atoms. The summed E-state index contributed by atoms with van der Waals surface area (Å²) >= 11 is 1.60. The first-order chi connectivity index (χ1) is 9.08. The Kier molecular flexibility index (Phi) is 4.50. The third-order valence-corrected chi connectivity index (χ3v) is 3.85. The Bertz CT molecular complexity index is 549. The van der Waals surface area contributed by atoms with Gasteiger partial charge in [-0.25, -0.2) is 9.37 Å². The first-order valence-electron chi connectivity index (χ1n) is 6.13. The van der Waals surface area contributed by atoms with Gasteiger partial charge in [0.1, 0.15) is 23.2 Å². The van der Waals surface area contributed by atoms with Crippen molar-refractivity contribution in [1.82, 2.24) is 4.98 Å². The normalized spacial score (nSPS) is 10.7. The van der Waals surface area contributed by atoms with E-state index in [0.717, 1.165) is 16.3 Å². The van der Waals surface area contributed by atoms with E-state index in [1.165, 1.54) is 17.0 Å². The molecule has 0 spiro atoms. The van der Waals surface area contributed by atoms with Gasteiger partial charge in [0.05, 0.1) is 5.69 Å². The fourth-order valence-corrected chi connectivity index (χ4v) is 2.61. The highest BCUT2D eigenvalue weighted by Crippen LogP contribution is 2.21. The standard InChI is InChI=1S/C14H17FN2OS/c1-9-10(2)19-14(17-9)8-18-13-6-11(3-4-16)5-12(15)7-13/h5-7H,3-4,8,16H2,1-2H3. The van der Waals surface area contributed by atoms with E-state index in [-0.39, 0.29) is 5.82 Å². The molecule has 0 radical (unpaired) electrons. The smallest absolute Gasteiger partial charge is 0.140 e. The van der Waals surface area contributed by atoms with Crippen molar-refractivity contribution in [2.24, 2.45) is 5.73 Å². The van der Waals surface area contributed by atoms with Gasteiger partial charge in [-0.1, -0.05) is 0 Å². The van der Waals surface area contributed by atoms with Gasteiger partial charge in [0.25, 0.3) is 0 Å². The quantitative estimate of drug-likeness (QED) is 0.916. The second-order valence-corrected chi connectivity index (χ2v) is 5.66. The number of hydrogen-bond donors (Lipinski definition) is 1. The molecule has 0 saturated heterocycles. The van der Waals surface area contributed by atoms with E-state index in [4.69, 9.17) is 10.5 Å². The maximum Gasteiger partial charge on any atom is 0.140 e. The average molecular weight is 280 g/mol. The van der Waals surface area contributed by atoms with E-state index in [1.807, 2.05) is 19.9 Å². The van der Waals surface area contributed by atoms with Gasteiger partial charge in [-0.2, -0.15) is 0 Å². The monoisotopic (exact) mass is 280 g/mol. The number of rotatable bonds is 5. The summed E-state index contributed by atoms with van der Waals surface area (Å²) < 4.78 is 19.0. The highest BCUT2D eigenvalue weighted by Gasteiger charge is 2.06. The number of thiazole rings is 1. The Balaban J connectivity index is 2.06. The number of halogens is 1. The SMILES string of the molecule is Cc1nc(COc2cc(F)cc(CCN)c2)sc1C. The van der Waals surface area contributed by atoms with Crippen LogP contribution in [0, 0.1) is 19.7 Å². The molecule has 102 valence electrons. The van der Waals surface area contributed by atoms with Crippen LogP contribution in [0.5, 0.6) is 5.75 Å². The molecule has 0 aliphatic rings. The summed E-state index contributed by atoms with van der Waals surface area (Å²) in [5.74, 6) is 0.224. The van der Waals surface area contributed by atoms with Gasteiger partial charge in [0, 0.05) is 10.9 Å². The Morgan fingerprint density at radius 1 is 1.32 bits per heavy atom. The summed E-state index contributed by atoms with van der Waals surface area (Å²) in [4.78, 5) is 5.57. The summed E-state index contributed by atoms with van der Waals surface area (Å²) in [6.45, 7) is 4.85. The summed E-state index contributed by atoms with van der Waals surface area (Å²) in [5, 5.41) is 0.902. The number of ether oxygens (including phenoxy) is 1. The van der Waals surface area contributed by atoms with Crippen LogP contribution in [-0.2, 0) is 13.0 Å². The number of hydrogen-bond acceptors (Lipinski definition) is 4. The number of nitrogens with zero attached hydrogens (tertiary/aromatic N) is 1. The number of benzene rings is 1. The van der Waals surface area contributed by atoms with Gasteiger partial charge in [0.2, 0.25) is 0 Å². The summed E-state index contributed by atoms with van der Waals surface area (Å²) in [6.07, 6.45) is 0.642. The average Bonchev–Trinajstić information content (AvgIpc) is 2.66. The van der Waals surface area contributed by atoms with E-state index in [9.17, 15) is 4.39 Å². The zero-order valence-corrected chi connectivity index (χ0v) is 11.9. The Morgan fingerprint density at radius 2 is 2.11 bits per heavy atom. The van der Waals surface area contributed by atoms with Crippen molar-refractivity contribution in [2.75, 3.05) is 6.54 Å². The minimum atomic E-state index is -0.299. The topological polar surface area (TPSA) is 48.1 Å². The molecule has 0 aliphatic heterocycles. The molecular weight excluding hydrogens is 263 g/mol. The summed E-state index contributed by atoms with van der Waals surface area (Å²) in [6, 6.07) is 4.69. The molecule has 0 unspecified atom stereocenters. The van der Waals surface area contributed by atoms with Crippen LogP contribution >= 0.6 is 11.3 Å². The molecule has 5 heteroatoms. The molecular formula is C14H17FN2OS. The molecule has 3 nitrogen and oxygen atoms in total. The lowest BCUT2D eigenvalue weighted by Crippen LogP contribution is -2.03. The van der Waals surface area contributed by atoms with Gasteiger partial charge in [0.15, 0.2) is 0 Å². The van der Waals surface area contributed by atoms with Gasteiger partial charge in [-0.3, -0.25) is 0 Å². The van der Waals surface area contributed by atoms with Crippen molar-refractivity contribution in [1.29, 1.82) is 0 Å². The van der Waals surface area contributed by atoms with Crippen molar-refractivity contribution in [2.45, 2.75) is 26.9 Å². The van der Waals surface area contributed by atoms with Crippen LogP contribution in [0.25, 0.3) is 0 Å².